The molecule has 4 aromatic rings. The number of pyridine rings is 1. The molecule has 0 aliphatic heterocycles. The maximum atomic E-state index is 14.9. The predicted molar refractivity (Wildman–Crippen MR) is 108 cm³/mol. The quantitative estimate of drug-likeness (QED) is 0.403. The largest absolute Gasteiger partial charge is 0.494 e. The fraction of sp³-hybridized carbons (Fsp3) is 0.125. The fourth-order valence-corrected chi connectivity index (χ4v) is 3.34. The summed E-state index contributed by atoms with van der Waals surface area (Å²) in [6, 6.07) is 18.8. The molecule has 0 saturated carbocycles. The van der Waals surface area contributed by atoms with Crippen molar-refractivity contribution in [3.8, 4) is 28.1 Å². The molecule has 0 amide bonds. The fourth-order valence-electron chi connectivity index (χ4n) is 3.34. The van der Waals surface area contributed by atoms with E-state index in [2.05, 4.69) is 4.98 Å². The predicted octanol–water partition coefficient (Wildman–Crippen LogP) is 6.55. The van der Waals surface area contributed by atoms with Crippen molar-refractivity contribution in [2.45, 2.75) is 13.8 Å². The molecule has 0 spiro atoms. The first kappa shape index (κ1) is 18.1. The highest BCUT2D eigenvalue weighted by atomic mass is 19.1. The number of halogens is 2. The van der Waals surface area contributed by atoms with E-state index in [9.17, 15) is 8.78 Å². The van der Waals surface area contributed by atoms with Gasteiger partial charge in [0.2, 0.25) is 0 Å². The minimum atomic E-state index is -0.329. The van der Waals surface area contributed by atoms with Gasteiger partial charge in [0.1, 0.15) is 17.4 Å². The molecule has 0 radical (unpaired) electrons. The molecule has 0 bridgehead atoms. The number of ether oxygens (including phenoxy) is 1. The van der Waals surface area contributed by atoms with Crippen molar-refractivity contribution in [3.05, 3.63) is 83.9 Å². The molecule has 3 aromatic carbocycles. The summed E-state index contributed by atoms with van der Waals surface area (Å²) in [7, 11) is 0. The Hall–Kier alpha value is -3.27. The summed E-state index contributed by atoms with van der Waals surface area (Å²) in [5.41, 5.74) is 4.18. The van der Waals surface area contributed by atoms with Crippen molar-refractivity contribution in [3.63, 3.8) is 0 Å². The van der Waals surface area contributed by atoms with Crippen LogP contribution < -0.4 is 4.74 Å². The molecule has 0 N–H and O–H groups in total. The second kappa shape index (κ2) is 7.39. The normalized spacial score (nSPS) is 11.0. The first-order valence-corrected chi connectivity index (χ1v) is 9.15. The highest BCUT2D eigenvalue weighted by molar-refractivity contribution is 5.85. The SMILES string of the molecule is CCOc1cccc(-c2ccc(-c3cc(C)c4cc(F)ccc4n3)cc2F)c1. The molecular formula is C24H19F2NO. The smallest absolute Gasteiger partial charge is 0.131 e. The van der Waals surface area contributed by atoms with Gasteiger partial charge in [0.15, 0.2) is 0 Å². The summed E-state index contributed by atoms with van der Waals surface area (Å²) in [5, 5.41) is 0.758. The van der Waals surface area contributed by atoms with Gasteiger partial charge in [0.25, 0.3) is 0 Å². The molecule has 140 valence electrons. The number of fused-ring (bicyclic) bond motifs is 1. The lowest BCUT2D eigenvalue weighted by Crippen LogP contribution is -1.93. The molecule has 28 heavy (non-hydrogen) atoms. The monoisotopic (exact) mass is 375 g/mol. The van der Waals surface area contributed by atoms with Crippen LogP contribution in [0.4, 0.5) is 8.78 Å². The average molecular weight is 375 g/mol. The van der Waals surface area contributed by atoms with Crippen LogP contribution in [0.15, 0.2) is 66.7 Å². The van der Waals surface area contributed by atoms with Crippen LogP contribution in [0.3, 0.4) is 0 Å². The molecule has 0 aliphatic carbocycles. The highest BCUT2D eigenvalue weighted by Gasteiger charge is 2.11. The van der Waals surface area contributed by atoms with Crippen molar-refractivity contribution < 1.29 is 13.5 Å². The Morgan fingerprint density at radius 1 is 0.893 bits per heavy atom. The minimum Gasteiger partial charge on any atom is -0.494 e. The third-order valence-electron chi connectivity index (χ3n) is 4.70. The third-order valence-corrected chi connectivity index (χ3v) is 4.70. The van der Waals surface area contributed by atoms with Crippen LogP contribution in [0.25, 0.3) is 33.3 Å². The van der Waals surface area contributed by atoms with E-state index >= 15 is 0 Å². The average Bonchev–Trinajstić information content (AvgIpc) is 2.69. The summed E-state index contributed by atoms with van der Waals surface area (Å²) < 4.78 is 33.9. The zero-order chi connectivity index (χ0) is 19.7. The second-order valence-electron chi connectivity index (χ2n) is 6.64. The van der Waals surface area contributed by atoms with Gasteiger partial charge in [-0.3, -0.25) is 0 Å². The number of aryl methyl sites for hydroxylation is 1. The Kier molecular flexibility index (Phi) is 4.78. The van der Waals surface area contributed by atoms with Gasteiger partial charge in [-0.15, -0.1) is 0 Å². The number of rotatable bonds is 4. The highest BCUT2D eigenvalue weighted by Crippen LogP contribution is 2.31. The Balaban J connectivity index is 1.75. The van der Waals surface area contributed by atoms with E-state index in [-0.39, 0.29) is 11.6 Å². The minimum absolute atomic E-state index is 0.296. The first-order chi connectivity index (χ1) is 13.5. The summed E-state index contributed by atoms with van der Waals surface area (Å²) in [6.45, 7) is 4.37. The van der Waals surface area contributed by atoms with Crippen molar-refractivity contribution in [2.24, 2.45) is 0 Å². The van der Waals surface area contributed by atoms with Gasteiger partial charge in [-0.25, -0.2) is 13.8 Å². The lowest BCUT2D eigenvalue weighted by atomic mass is 10.00. The Labute approximate surface area is 162 Å². The van der Waals surface area contributed by atoms with Gasteiger partial charge >= 0.3 is 0 Å². The molecule has 2 nitrogen and oxygen atoms in total. The van der Waals surface area contributed by atoms with Gasteiger partial charge in [-0.05, 0) is 67.4 Å². The van der Waals surface area contributed by atoms with E-state index < -0.39 is 0 Å². The van der Waals surface area contributed by atoms with Gasteiger partial charge in [0, 0.05) is 16.5 Å². The molecule has 0 fully saturated rings. The molecule has 4 heteroatoms. The number of hydrogen-bond donors (Lipinski definition) is 0. The zero-order valence-corrected chi connectivity index (χ0v) is 15.7. The topological polar surface area (TPSA) is 22.1 Å². The van der Waals surface area contributed by atoms with Crippen LogP contribution in [0, 0.1) is 18.6 Å². The van der Waals surface area contributed by atoms with Gasteiger partial charge < -0.3 is 4.74 Å². The van der Waals surface area contributed by atoms with E-state index in [0.717, 1.165) is 16.5 Å². The van der Waals surface area contributed by atoms with Crippen LogP contribution in [0.1, 0.15) is 12.5 Å². The van der Waals surface area contributed by atoms with E-state index in [4.69, 9.17) is 4.74 Å². The zero-order valence-electron chi connectivity index (χ0n) is 15.7. The van der Waals surface area contributed by atoms with Crippen LogP contribution >= 0.6 is 0 Å². The molecule has 4 rings (SSSR count). The number of benzene rings is 3. The van der Waals surface area contributed by atoms with E-state index in [1.165, 1.54) is 18.2 Å². The summed E-state index contributed by atoms with van der Waals surface area (Å²) in [4.78, 5) is 4.58. The molecule has 1 heterocycles. The summed E-state index contributed by atoms with van der Waals surface area (Å²) >= 11 is 0. The Morgan fingerprint density at radius 2 is 1.75 bits per heavy atom. The van der Waals surface area contributed by atoms with Crippen molar-refractivity contribution in [1.29, 1.82) is 0 Å². The van der Waals surface area contributed by atoms with Gasteiger partial charge in [-0.2, -0.15) is 0 Å². The van der Waals surface area contributed by atoms with Crippen molar-refractivity contribution in [2.75, 3.05) is 6.61 Å². The molecule has 0 saturated heterocycles. The third kappa shape index (κ3) is 3.46. The standard InChI is InChI=1S/C24H19F2NO/c1-3-28-19-6-4-5-16(12-19)20-9-7-17(13-22(20)26)24-11-15(2)21-14-18(25)8-10-23(21)27-24/h4-14H,3H2,1-2H3. The maximum absolute atomic E-state index is 14.9. The van der Waals surface area contributed by atoms with E-state index in [0.29, 0.717) is 34.7 Å². The van der Waals surface area contributed by atoms with Crippen LogP contribution in [0.2, 0.25) is 0 Å². The maximum Gasteiger partial charge on any atom is 0.131 e. The lowest BCUT2D eigenvalue weighted by Gasteiger charge is -2.10. The number of hydrogen-bond acceptors (Lipinski definition) is 2. The summed E-state index contributed by atoms with van der Waals surface area (Å²) in [5.74, 6) is 0.0853. The molecule has 0 unspecified atom stereocenters. The number of aromatic nitrogens is 1. The van der Waals surface area contributed by atoms with Crippen molar-refractivity contribution >= 4 is 10.9 Å². The molecule has 1 aromatic heterocycles. The van der Waals surface area contributed by atoms with Gasteiger partial charge in [-0.1, -0.05) is 24.3 Å². The molecule has 0 aliphatic rings. The van der Waals surface area contributed by atoms with Gasteiger partial charge in [0.05, 0.1) is 17.8 Å². The Morgan fingerprint density at radius 3 is 2.54 bits per heavy atom. The first-order valence-electron chi connectivity index (χ1n) is 9.15. The second-order valence-corrected chi connectivity index (χ2v) is 6.64. The van der Waals surface area contributed by atoms with Crippen LogP contribution in [-0.2, 0) is 0 Å². The summed E-state index contributed by atoms with van der Waals surface area (Å²) in [6.07, 6.45) is 0. The van der Waals surface area contributed by atoms with Crippen molar-refractivity contribution in [1.82, 2.24) is 4.98 Å². The van der Waals surface area contributed by atoms with Crippen LogP contribution in [0.5, 0.6) is 5.75 Å². The number of nitrogens with zero attached hydrogens (tertiary/aromatic N) is 1. The molecule has 0 atom stereocenters. The Bertz CT molecular complexity index is 1170. The molecular weight excluding hydrogens is 356 g/mol. The van der Waals surface area contributed by atoms with E-state index in [1.807, 2.05) is 50.2 Å². The lowest BCUT2D eigenvalue weighted by molar-refractivity contribution is 0.340. The van der Waals surface area contributed by atoms with Crippen LogP contribution in [-0.4, -0.2) is 11.6 Å². The van der Waals surface area contributed by atoms with E-state index in [1.54, 1.807) is 12.1 Å².